The van der Waals surface area contributed by atoms with Crippen LogP contribution >= 0.6 is 0 Å². The van der Waals surface area contributed by atoms with E-state index in [0.717, 1.165) is 18.0 Å². The van der Waals surface area contributed by atoms with Gasteiger partial charge in [-0.15, -0.1) is 0 Å². The average Bonchev–Trinajstić information content (AvgIpc) is 2.26. The number of unbranched alkanes of at least 4 members (excludes halogenated alkanes) is 6. The van der Waals surface area contributed by atoms with Crippen LogP contribution in [0.2, 0.25) is 0 Å². The van der Waals surface area contributed by atoms with Gasteiger partial charge in [-0.25, -0.2) is 0 Å². The number of hydrogen-bond acceptors (Lipinski definition) is 2. The number of guanidine groups is 1. The Bertz CT molecular complexity index is 173. The molecular formula is C10H23N6+. The fourth-order valence-electron chi connectivity index (χ4n) is 1.43. The van der Waals surface area contributed by atoms with Crippen molar-refractivity contribution >= 4 is 5.96 Å². The van der Waals surface area contributed by atoms with Crippen LogP contribution in [-0.2, 0) is 0 Å². The zero-order chi connectivity index (χ0) is 12.2. The first-order valence-electron chi connectivity index (χ1n) is 5.95. The van der Waals surface area contributed by atoms with E-state index < -0.39 is 0 Å². The highest BCUT2D eigenvalue weighted by molar-refractivity contribution is 5.73. The van der Waals surface area contributed by atoms with Crippen LogP contribution in [0, 0.1) is 5.41 Å². The second-order valence-corrected chi connectivity index (χ2v) is 3.82. The first kappa shape index (κ1) is 15.2. The third-order valence-corrected chi connectivity index (χ3v) is 2.36. The van der Waals surface area contributed by atoms with Gasteiger partial charge >= 0.3 is 11.4 Å². The van der Waals surface area contributed by atoms with Gasteiger partial charge in [-0.1, -0.05) is 45.4 Å². The Morgan fingerprint density at radius 2 is 1.81 bits per heavy atom. The molecule has 0 aromatic carbocycles. The molecule has 0 rings (SSSR count). The molecule has 0 heterocycles. The van der Waals surface area contributed by atoms with E-state index in [-0.39, 0.29) is 5.96 Å². The van der Waals surface area contributed by atoms with Crippen LogP contribution in [0.3, 0.4) is 0 Å². The predicted octanol–water partition coefficient (Wildman–Crippen LogP) is 0.940. The topological polar surface area (TPSA) is 102 Å². The normalized spacial score (nSPS) is 10.4. The maximum absolute atomic E-state index is 8.46. The van der Waals surface area contributed by atoms with Gasteiger partial charge in [0.15, 0.2) is 0 Å². The van der Waals surface area contributed by atoms with Crippen molar-refractivity contribution in [3.8, 4) is 0 Å². The van der Waals surface area contributed by atoms with Gasteiger partial charge < -0.3 is 5.73 Å². The molecule has 0 saturated carbocycles. The number of nitrogens with zero attached hydrogens (tertiary/aromatic N) is 3. The Hall–Kier alpha value is -0.850. The number of hydrogen-bond donors (Lipinski definition) is 3. The van der Waals surface area contributed by atoms with Gasteiger partial charge in [0.1, 0.15) is 0 Å². The minimum atomic E-state index is -0.314. The van der Waals surface area contributed by atoms with Crippen LogP contribution in [0.1, 0.15) is 51.9 Å². The number of hydrazine groups is 1. The van der Waals surface area contributed by atoms with Crippen molar-refractivity contribution in [2.75, 3.05) is 6.54 Å². The predicted molar refractivity (Wildman–Crippen MR) is 64.0 cm³/mol. The molecule has 0 aliphatic heterocycles. The van der Waals surface area contributed by atoms with Crippen LogP contribution in [0.5, 0.6) is 0 Å². The quantitative estimate of drug-likeness (QED) is 0.224. The van der Waals surface area contributed by atoms with E-state index in [1.54, 1.807) is 0 Å². The van der Waals surface area contributed by atoms with Gasteiger partial charge in [0.25, 0.3) is 5.96 Å². The molecule has 0 bridgehead atoms. The van der Waals surface area contributed by atoms with Crippen LogP contribution < -0.4 is 22.5 Å². The summed E-state index contributed by atoms with van der Waals surface area (Å²) in [4.78, 5) is 0. The molecule has 6 nitrogen and oxygen atoms in total. The standard InChI is InChI=1S/C10H23N6/c1-2-3-4-5-6-7-8-9-14-16(15-13)10(11)12/h14H,2-9H2,1H3,(H3,11,12)/q+1. The van der Waals surface area contributed by atoms with Crippen molar-refractivity contribution in [1.29, 1.82) is 5.41 Å². The molecule has 0 spiro atoms. The Balaban J connectivity index is 3.22. The summed E-state index contributed by atoms with van der Waals surface area (Å²) in [5, 5.41) is 7.89. The van der Waals surface area contributed by atoms with E-state index in [1.807, 2.05) is 0 Å². The molecule has 0 aromatic heterocycles. The number of nitrogens with two attached hydrogens (primary N) is 1. The molecule has 0 amide bonds. The smallest absolute Gasteiger partial charge is 0.364 e. The van der Waals surface area contributed by atoms with E-state index in [0.29, 0.717) is 6.54 Å². The minimum absolute atomic E-state index is 0.314. The highest BCUT2D eigenvalue weighted by Gasteiger charge is 2.19. The average molecular weight is 227 g/mol. The molecular weight excluding hydrogens is 204 g/mol. The van der Waals surface area contributed by atoms with E-state index in [9.17, 15) is 0 Å². The van der Waals surface area contributed by atoms with Crippen molar-refractivity contribution in [3.63, 3.8) is 0 Å². The lowest BCUT2D eigenvalue weighted by Crippen LogP contribution is -2.50. The van der Waals surface area contributed by atoms with Crippen molar-refractivity contribution < 1.29 is 0 Å². The highest BCUT2D eigenvalue weighted by atomic mass is 15.8. The van der Waals surface area contributed by atoms with Crippen molar-refractivity contribution in [1.82, 2.24) is 21.9 Å². The molecule has 92 valence electrons. The summed E-state index contributed by atoms with van der Waals surface area (Å²) in [6.07, 6.45) is 8.56. The lowest BCUT2D eigenvalue weighted by molar-refractivity contribution is 0.201. The van der Waals surface area contributed by atoms with Crippen molar-refractivity contribution in [2.45, 2.75) is 51.9 Å². The Morgan fingerprint density at radius 3 is 2.31 bits per heavy atom. The first-order chi connectivity index (χ1) is 7.72. The summed E-state index contributed by atoms with van der Waals surface area (Å²) in [6.45, 7) is 2.87. The summed E-state index contributed by atoms with van der Waals surface area (Å²) in [5.74, 6) is 8.15. The highest BCUT2D eigenvalue weighted by Crippen LogP contribution is 2.06. The largest absolute Gasteiger partial charge is 0.405 e. The molecule has 0 saturated heterocycles. The number of nitrogens with one attached hydrogen (secondary N) is 2. The van der Waals surface area contributed by atoms with E-state index in [2.05, 4.69) is 17.9 Å². The zero-order valence-corrected chi connectivity index (χ0v) is 10.1. The Labute approximate surface area is 98.2 Å². The van der Waals surface area contributed by atoms with Gasteiger partial charge in [0, 0.05) is 11.7 Å². The Kier molecular flexibility index (Phi) is 10.1. The third kappa shape index (κ3) is 8.46. The first-order valence-corrected chi connectivity index (χ1v) is 5.95. The molecule has 0 aliphatic carbocycles. The lowest BCUT2D eigenvalue weighted by Gasteiger charge is -2.06. The van der Waals surface area contributed by atoms with E-state index >= 15 is 0 Å². The maximum Gasteiger partial charge on any atom is 0.405 e. The van der Waals surface area contributed by atoms with Crippen molar-refractivity contribution in [2.24, 2.45) is 5.73 Å². The van der Waals surface area contributed by atoms with Gasteiger partial charge in [-0.2, -0.15) is 5.43 Å². The fourth-order valence-corrected chi connectivity index (χ4v) is 1.43. The molecule has 0 fully saturated rings. The summed E-state index contributed by atoms with van der Waals surface area (Å²) in [6, 6.07) is 0. The summed E-state index contributed by atoms with van der Waals surface area (Å²) in [5.41, 5.74) is 10.7. The molecule has 0 aromatic rings. The summed E-state index contributed by atoms with van der Waals surface area (Å²) < 4.78 is 0. The maximum atomic E-state index is 8.46. The van der Waals surface area contributed by atoms with E-state index in [4.69, 9.17) is 17.0 Å². The van der Waals surface area contributed by atoms with Crippen LogP contribution in [-0.4, -0.2) is 17.6 Å². The molecule has 4 N–H and O–H groups in total. The zero-order valence-electron chi connectivity index (χ0n) is 10.1. The van der Waals surface area contributed by atoms with Crippen LogP contribution in [0.15, 0.2) is 0 Å². The third-order valence-electron chi connectivity index (χ3n) is 2.36. The SMILES string of the molecule is CCCCCCCCCNN([N+][N])C(=N)N. The second kappa shape index (κ2) is 10.7. The second-order valence-electron chi connectivity index (χ2n) is 3.82. The minimum Gasteiger partial charge on any atom is -0.364 e. The monoisotopic (exact) mass is 227 g/mol. The molecule has 16 heavy (non-hydrogen) atoms. The van der Waals surface area contributed by atoms with E-state index in [1.165, 1.54) is 32.1 Å². The molecule has 0 atom stereocenters. The number of rotatable bonds is 10. The molecule has 0 aliphatic rings. The van der Waals surface area contributed by atoms with Crippen LogP contribution in [0.4, 0.5) is 0 Å². The van der Waals surface area contributed by atoms with Crippen LogP contribution in [0.25, 0.3) is 0 Å². The molecule has 4 radical (unpaired) electrons. The summed E-state index contributed by atoms with van der Waals surface area (Å²) in [7, 11) is 0. The van der Waals surface area contributed by atoms with Gasteiger partial charge in [-0.3, -0.25) is 5.41 Å². The van der Waals surface area contributed by atoms with Gasteiger partial charge in [0.05, 0.1) is 0 Å². The molecule has 6 heteroatoms. The fraction of sp³-hybridized carbons (Fsp3) is 0.900. The summed E-state index contributed by atoms with van der Waals surface area (Å²) >= 11 is 0. The molecule has 0 unspecified atom stereocenters. The van der Waals surface area contributed by atoms with Gasteiger partial charge in [0.2, 0.25) is 0 Å². The Morgan fingerprint density at radius 1 is 1.25 bits per heavy atom. The lowest BCUT2D eigenvalue weighted by atomic mass is 10.1. The van der Waals surface area contributed by atoms with Crippen molar-refractivity contribution in [3.05, 3.63) is 0 Å². The van der Waals surface area contributed by atoms with Gasteiger partial charge in [-0.05, 0) is 6.42 Å².